The van der Waals surface area contributed by atoms with Crippen molar-refractivity contribution in [2.45, 2.75) is 27.7 Å². The molecule has 154 valence electrons. The van der Waals surface area contributed by atoms with E-state index in [4.69, 9.17) is 13.1 Å². The summed E-state index contributed by atoms with van der Waals surface area (Å²) >= 11 is 0. The topological polar surface area (TPSA) is 90.4 Å². The molecule has 6 nitrogen and oxygen atoms in total. The highest BCUT2D eigenvalue weighted by Gasteiger charge is 2.17. The number of nitrogens with zero attached hydrogens (tertiary/aromatic N) is 4. The Balaban J connectivity index is 2.87. The van der Waals surface area contributed by atoms with Crippen LogP contribution in [-0.4, -0.2) is 0 Å². The minimum atomic E-state index is -0.350. The number of nitriles is 2. The maximum atomic E-state index is 13.3. The molecule has 0 radical (unpaired) electrons. The summed E-state index contributed by atoms with van der Waals surface area (Å²) in [6, 6.07) is 6.76. The van der Waals surface area contributed by atoms with E-state index in [-0.39, 0.29) is 65.7 Å². The third-order valence-electron chi connectivity index (χ3n) is 5.12. The van der Waals surface area contributed by atoms with Gasteiger partial charge in [-0.2, -0.15) is 0 Å². The normalized spacial score (nSPS) is 14.4. The quantitative estimate of drug-likeness (QED) is 0.591. The molecule has 3 aromatic rings. The van der Waals surface area contributed by atoms with E-state index in [1.165, 1.54) is 12.1 Å². The van der Waals surface area contributed by atoms with Crippen LogP contribution in [0.4, 0.5) is 0 Å². The first-order chi connectivity index (χ1) is 15.2. The Kier molecular flexibility index (Phi) is 5.76. The van der Waals surface area contributed by atoms with Gasteiger partial charge in [-0.25, -0.2) is 20.2 Å². The zero-order chi connectivity index (χ0) is 23.7. The van der Waals surface area contributed by atoms with E-state index in [1.807, 2.05) is 39.8 Å². The molecule has 6 heteroatoms. The molecule has 0 aromatic heterocycles. The van der Waals surface area contributed by atoms with Gasteiger partial charge < -0.3 is 0 Å². The predicted octanol–water partition coefficient (Wildman–Crippen LogP) is 1.56. The Morgan fingerprint density at radius 3 is 1.38 bits per heavy atom. The van der Waals surface area contributed by atoms with Gasteiger partial charge in [-0.1, -0.05) is 39.8 Å². The molecular formula is C26H18N4O2. The molecule has 0 aliphatic rings. The molecule has 0 unspecified atom stereocenters. The van der Waals surface area contributed by atoms with Crippen LogP contribution in [0.5, 0.6) is 0 Å². The number of fused-ring (bicyclic) bond motifs is 2. The van der Waals surface area contributed by atoms with Crippen molar-refractivity contribution in [2.75, 3.05) is 0 Å². The van der Waals surface area contributed by atoms with Crippen LogP contribution in [0.2, 0.25) is 0 Å². The summed E-state index contributed by atoms with van der Waals surface area (Å²) in [6.07, 6.45) is 3.40. The molecule has 0 bridgehead atoms. The lowest BCUT2D eigenvalue weighted by atomic mass is 10.1. The van der Waals surface area contributed by atoms with Gasteiger partial charge in [0.1, 0.15) is 0 Å². The maximum absolute atomic E-state index is 13.3. The van der Waals surface area contributed by atoms with Crippen LogP contribution in [0.15, 0.2) is 21.7 Å². The van der Waals surface area contributed by atoms with Crippen molar-refractivity contribution in [3.05, 3.63) is 76.3 Å². The summed E-state index contributed by atoms with van der Waals surface area (Å²) in [4.78, 5) is 33.2. The first-order valence-corrected chi connectivity index (χ1v) is 9.96. The van der Waals surface area contributed by atoms with Crippen LogP contribution < -0.4 is 31.7 Å². The molecule has 0 atom stereocenters. The molecule has 0 aliphatic carbocycles. The van der Waals surface area contributed by atoms with Crippen LogP contribution >= 0.6 is 0 Å². The SMILES string of the molecule is [C-]#[N+]/C(C#N)=c1\c(=C/C(C)C)c(=O)c2cc3c(=C(/C#N)[N+]#[C-])/c(=C\C(C)C)c(=O)c3cc12. The summed E-state index contributed by atoms with van der Waals surface area (Å²) in [5, 5.41) is 21.2. The summed E-state index contributed by atoms with van der Waals surface area (Å²) in [7, 11) is 0. The molecule has 32 heavy (non-hydrogen) atoms. The van der Waals surface area contributed by atoms with Gasteiger partial charge in [0, 0.05) is 31.6 Å². The van der Waals surface area contributed by atoms with Crippen molar-refractivity contribution in [3.63, 3.8) is 0 Å². The van der Waals surface area contributed by atoms with Gasteiger partial charge in [0.25, 0.3) is 11.4 Å². The zero-order valence-electron chi connectivity index (χ0n) is 18.1. The second-order valence-electron chi connectivity index (χ2n) is 8.14. The average Bonchev–Trinajstić information content (AvgIpc) is 3.15. The molecule has 0 saturated heterocycles. The predicted molar refractivity (Wildman–Crippen MR) is 125 cm³/mol. The molecule has 3 rings (SSSR count). The van der Waals surface area contributed by atoms with Gasteiger partial charge in [-0.15, -0.1) is 0 Å². The summed E-state index contributed by atoms with van der Waals surface area (Å²) in [6.45, 7) is 22.3. The molecule has 0 aliphatic heterocycles. The third-order valence-corrected chi connectivity index (χ3v) is 5.12. The fourth-order valence-electron chi connectivity index (χ4n) is 3.97. The van der Waals surface area contributed by atoms with Crippen LogP contribution in [0.3, 0.4) is 0 Å². The zero-order valence-corrected chi connectivity index (χ0v) is 18.1. The summed E-state index contributed by atoms with van der Waals surface area (Å²) in [5.74, 6) is -0.0264. The Morgan fingerprint density at radius 2 is 1.12 bits per heavy atom. The smallest absolute Gasteiger partial charge is 0.270 e. The van der Waals surface area contributed by atoms with Crippen molar-refractivity contribution in [1.29, 1.82) is 10.5 Å². The lowest BCUT2D eigenvalue weighted by Gasteiger charge is -1.94. The van der Waals surface area contributed by atoms with E-state index in [2.05, 4.69) is 9.69 Å². The molecule has 0 heterocycles. The van der Waals surface area contributed by atoms with E-state index in [1.54, 1.807) is 12.2 Å². The largest absolute Gasteiger partial charge is 0.289 e. The number of rotatable bonds is 2. The fourth-order valence-corrected chi connectivity index (χ4v) is 3.97. The molecule has 0 N–H and O–H groups in total. The van der Waals surface area contributed by atoms with E-state index in [9.17, 15) is 20.1 Å². The number of hydrogen-bond acceptors (Lipinski definition) is 4. The molecule has 0 spiro atoms. The van der Waals surface area contributed by atoms with Gasteiger partial charge in [0.2, 0.25) is 0 Å². The van der Waals surface area contributed by atoms with E-state index in [0.29, 0.717) is 10.8 Å². The van der Waals surface area contributed by atoms with Crippen molar-refractivity contribution in [2.24, 2.45) is 11.8 Å². The fraction of sp³-hybridized carbons (Fsp3) is 0.231. The van der Waals surface area contributed by atoms with Crippen molar-refractivity contribution in [3.8, 4) is 12.1 Å². The highest BCUT2D eigenvalue weighted by atomic mass is 16.1. The van der Waals surface area contributed by atoms with E-state index >= 15 is 0 Å². The van der Waals surface area contributed by atoms with Gasteiger partial charge in [-0.05, 0) is 34.7 Å². The summed E-state index contributed by atoms with van der Waals surface area (Å²) < 4.78 is 0. The van der Waals surface area contributed by atoms with Crippen molar-refractivity contribution >= 4 is 45.1 Å². The highest BCUT2D eigenvalue weighted by molar-refractivity contribution is 6.02. The lowest BCUT2D eigenvalue weighted by molar-refractivity contribution is 0.880. The van der Waals surface area contributed by atoms with Gasteiger partial charge in [-0.3, -0.25) is 9.59 Å². The van der Waals surface area contributed by atoms with E-state index in [0.717, 1.165) is 0 Å². The van der Waals surface area contributed by atoms with Crippen LogP contribution in [0.1, 0.15) is 27.7 Å². The minimum absolute atomic E-state index is 0.0132. The molecule has 3 aromatic carbocycles. The van der Waals surface area contributed by atoms with Crippen molar-refractivity contribution < 1.29 is 0 Å². The van der Waals surface area contributed by atoms with Gasteiger partial charge >= 0.3 is 0 Å². The van der Waals surface area contributed by atoms with Crippen molar-refractivity contribution in [1.82, 2.24) is 0 Å². The second kappa shape index (κ2) is 8.31. The Morgan fingerprint density at radius 1 is 0.781 bits per heavy atom. The average molecular weight is 418 g/mol. The van der Waals surface area contributed by atoms with Crippen LogP contribution in [-0.2, 0) is 0 Å². The maximum Gasteiger partial charge on any atom is 0.270 e. The Labute approximate surface area is 183 Å². The lowest BCUT2D eigenvalue weighted by Crippen LogP contribution is -2.34. The first-order valence-electron chi connectivity index (χ1n) is 9.96. The van der Waals surface area contributed by atoms with Crippen LogP contribution in [0.25, 0.3) is 54.8 Å². The van der Waals surface area contributed by atoms with E-state index < -0.39 is 0 Å². The first kappa shape index (κ1) is 22.2. The standard InChI is InChI=1S/C26H18N4O2/c1-13(2)7-19-23(21(11-27)29-5)15-9-18-16(10-17(15)25(19)31)24(22(12-28)30-6)20(26(18)32)8-14(3)4/h7-10,13-14H,1-4H3/b19-7+,20-8+,23-21-,24-22+. The van der Waals surface area contributed by atoms with Crippen LogP contribution in [0, 0.1) is 47.6 Å². The molecule has 0 amide bonds. The molecule has 0 fully saturated rings. The highest BCUT2D eigenvalue weighted by Crippen LogP contribution is 2.15. The van der Waals surface area contributed by atoms with Gasteiger partial charge in [0.15, 0.2) is 10.9 Å². The monoisotopic (exact) mass is 418 g/mol. The number of hydrogen-bond donors (Lipinski definition) is 0. The molecular weight excluding hydrogens is 400 g/mol. The minimum Gasteiger partial charge on any atom is -0.289 e. The third kappa shape index (κ3) is 3.35. The van der Waals surface area contributed by atoms with Gasteiger partial charge in [0.05, 0.1) is 25.3 Å². The Hall–Kier alpha value is -4.52. The Bertz CT molecular complexity index is 1640. The second-order valence-corrected chi connectivity index (χ2v) is 8.14. The molecule has 0 saturated carbocycles. The summed E-state index contributed by atoms with van der Waals surface area (Å²) in [5.41, 5.74) is -1.14. The number of benzene rings is 1.